The number of piperidine rings is 1. The number of rotatable bonds is 8. The molecule has 0 amide bonds. The summed E-state index contributed by atoms with van der Waals surface area (Å²) in [5.74, 6) is 0.674. The highest BCUT2D eigenvalue weighted by molar-refractivity contribution is 6.99. The van der Waals surface area contributed by atoms with Crippen molar-refractivity contribution in [1.29, 1.82) is 5.26 Å². The minimum Gasteiger partial charge on any atom is -0.403 e. The molecule has 3 nitrogen and oxygen atoms in total. The molecule has 0 spiro atoms. The van der Waals surface area contributed by atoms with Crippen LogP contribution in [0.25, 0.3) is 0 Å². The van der Waals surface area contributed by atoms with Gasteiger partial charge in [0.05, 0.1) is 18.7 Å². The maximum atomic E-state index is 9.53. The number of likely N-dealkylation sites (tertiary alicyclic amines) is 1. The summed E-state index contributed by atoms with van der Waals surface area (Å²) in [6.45, 7) is 9.65. The standard InChI is InChI=1S/C27H37ClN2OSi/c1-22-26(18-17-23(12-11-19-28)30(22)21-20-29)31-32(27(2,3)4,24-13-7-5-8-14-24)25-15-9-6-10-16-25/h5-10,13-16,22-23,26H,11-12,17-19,21H2,1-4H3/t22-,23+,26+/m0/s1. The summed E-state index contributed by atoms with van der Waals surface area (Å²) < 4.78 is 7.42. The van der Waals surface area contributed by atoms with Gasteiger partial charge in [-0.15, -0.1) is 11.6 Å². The third kappa shape index (κ3) is 5.12. The number of benzene rings is 2. The van der Waals surface area contributed by atoms with Gasteiger partial charge in [0.25, 0.3) is 8.32 Å². The first kappa shape index (κ1) is 25.0. The average Bonchev–Trinajstić information content (AvgIpc) is 2.79. The number of nitriles is 1. The molecule has 2 aromatic carbocycles. The van der Waals surface area contributed by atoms with Crippen LogP contribution in [0.2, 0.25) is 5.04 Å². The zero-order valence-corrected chi connectivity index (χ0v) is 21.7. The van der Waals surface area contributed by atoms with Gasteiger partial charge in [-0.2, -0.15) is 5.26 Å². The Morgan fingerprint density at radius 1 is 1.03 bits per heavy atom. The minimum atomic E-state index is -2.61. The Balaban J connectivity index is 2.03. The van der Waals surface area contributed by atoms with Gasteiger partial charge in [0.2, 0.25) is 0 Å². The number of nitrogens with zero attached hydrogens (tertiary/aromatic N) is 2. The molecule has 32 heavy (non-hydrogen) atoms. The second-order valence-corrected chi connectivity index (χ2v) is 14.6. The largest absolute Gasteiger partial charge is 0.403 e. The van der Waals surface area contributed by atoms with Crippen molar-refractivity contribution >= 4 is 30.3 Å². The lowest BCUT2D eigenvalue weighted by molar-refractivity contribution is 0.000462. The van der Waals surface area contributed by atoms with Crippen LogP contribution in [0, 0.1) is 11.3 Å². The van der Waals surface area contributed by atoms with Crippen LogP contribution in [0.1, 0.15) is 53.4 Å². The molecule has 1 heterocycles. The first-order valence-electron chi connectivity index (χ1n) is 11.8. The van der Waals surface area contributed by atoms with Crippen molar-refractivity contribution in [3.05, 3.63) is 60.7 Å². The van der Waals surface area contributed by atoms with Crippen LogP contribution in [-0.4, -0.2) is 43.8 Å². The first-order chi connectivity index (χ1) is 15.3. The predicted octanol–water partition coefficient (Wildman–Crippen LogP) is 5.33. The molecular formula is C27H37ClN2OSi. The molecule has 1 saturated heterocycles. The number of hydrogen-bond donors (Lipinski definition) is 0. The molecule has 0 aliphatic carbocycles. The van der Waals surface area contributed by atoms with Gasteiger partial charge in [0, 0.05) is 18.0 Å². The third-order valence-corrected chi connectivity index (χ3v) is 12.3. The molecule has 3 atom stereocenters. The Morgan fingerprint density at radius 3 is 2.06 bits per heavy atom. The molecule has 2 aromatic rings. The number of hydrogen-bond acceptors (Lipinski definition) is 3. The topological polar surface area (TPSA) is 36.3 Å². The molecule has 172 valence electrons. The van der Waals surface area contributed by atoms with E-state index in [1.807, 2.05) is 0 Å². The fourth-order valence-corrected chi connectivity index (χ4v) is 10.3. The van der Waals surface area contributed by atoms with Gasteiger partial charge in [0.15, 0.2) is 0 Å². The van der Waals surface area contributed by atoms with E-state index >= 15 is 0 Å². The van der Waals surface area contributed by atoms with Gasteiger partial charge in [-0.25, -0.2) is 0 Å². The number of alkyl halides is 1. The van der Waals surface area contributed by atoms with E-state index in [0.717, 1.165) is 25.7 Å². The molecule has 0 unspecified atom stereocenters. The molecule has 1 aliphatic rings. The monoisotopic (exact) mass is 468 g/mol. The zero-order chi connectivity index (χ0) is 23.2. The zero-order valence-electron chi connectivity index (χ0n) is 19.9. The molecule has 0 saturated carbocycles. The highest BCUT2D eigenvalue weighted by Gasteiger charge is 2.52. The number of halogens is 1. The smallest absolute Gasteiger partial charge is 0.261 e. The average molecular weight is 469 g/mol. The summed E-state index contributed by atoms with van der Waals surface area (Å²) >= 11 is 5.98. The predicted molar refractivity (Wildman–Crippen MR) is 137 cm³/mol. The van der Waals surface area contributed by atoms with Crippen molar-refractivity contribution in [3.63, 3.8) is 0 Å². The van der Waals surface area contributed by atoms with Crippen LogP contribution in [0.3, 0.4) is 0 Å². The molecule has 0 N–H and O–H groups in total. The fourth-order valence-electron chi connectivity index (χ4n) is 5.36. The van der Waals surface area contributed by atoms with Crippen molar-refractivity contribution in [2.75, 3.05) is 12.4 Å². The molecular weight excluding hydrogens is 432 g/mol. The van der Waals surface area contributed by atoms with E-state index in [0.29, 0.717) is 18.5 Å². The van der Waals surface area contributed by atoms with E-state index in [9.17, 15) is 5.26 Å². The maximum absolute atomic E-state index is 9.53. The van der Waals surface area contributed by atoms with Gasteiger partial charge in [0.1, 0.15) is 0 Å². The van der Waals surface area contributed by atoms with Crippen molar-refractivity contribution in [2.45, 2.75) is 76.6 Å². The summed E-state index contributed by atoms with van der Waals surface area (Å²) in [7, 11) is -2.61. The normalized spacial score (nSPS) is 22.4. The van der Waals surface area contributed by atoms with E-state index < -0.39 is 8.32 Å². The summed E-state index contributed by atoms with van der Waals surface area (Å²) in [6.07, 6.45) is 4.18. The molecule has 1 aliphatic heterocycles. The summed E-state index contributed by atoms with van der Waals surface area (Å²) in [4.78, 5) is 2.36. The lowest BCUT2D eigenvalue weighted by Gasteiger charge is -2.50. The van der Waals surface area contributed by atoms with Gasteiger partial charge < -0.3 is 4.43 Å². The van der Waals surface area contributed by atoms with Crippen molar-refractivity contribution in [2.24, 2.45) is 0 Å². The van der Waals surface area contributed by atoms with E-state index in [2.05, 4.69) is 99.3 Å². The second-order valence-electron chi connectivity index (χ2n) is 9.95. The molecule has 1 fully saturated rings. The van der Waals surface area contributed by atoms with Gasteiger partial charge in [-0.1, -0.05) is 81.4 Å². The van der Waals surface area contributed by atoms with Crippen molar-refractivity contribution < 1.29 is 4.43 Å². The van der Waals surface area contributed by atoms with E-state index in [-0.39, 0.29) is 17.2 Å². The summed E-state index contributed by atoms with van der Waals surface area (Å²) in [6, 6.07) is 24.6. The third-order valence-electron chi connectivity index (χ3n) is 6.98. The van der Waals surface area contributed by atoms with Gasteiger partial charge >= 0.3 is 0 Å². The minimum absolute atomic E-state index is 0.0506. The van der Waals surface area contributed by atoms with Crippen LogP contribution in [0.5, 0.6) is 0 Å². The molecule has 0 radical (unpaired) electrons. The van der Waals surface area contributed by atoms with E-state index in [1.165, 1.54) is 10.4 Å². The SMILES string of the molecule is C[C@H]1[C@H](O[Si](c2ccccc2)(c2ccccc2)C(C)(C)C)CC[C@@H](CCCCl)N1CC#N. The molecule has 3 rings (SSSR count). The van der Waals surface area contributed by atoms with Gasteiger partial charge in [-0.3, -0.25) is 4.90 Å². The fraction of sp³-hybridized carbons (Fsp3) is 0.519. The van der Waals surface area contributed by atoms with E-state index in [4.69, 9.17) is 16.0 Å². The summed E-state index contributed by atoms with van der Waals surface area (Å²) in [5.41, 5.74) is 0. The van der Waals surface area contributed by atoms with Crippen molar-refractivity contribution in [3.8, 4) is 6.07 Å². The van der Waals surface area contributed by atoms with E-state index in [1.54, 1.807) is 0 Å². The lowest BCUT2D eigenvalue weighted by Crippen LogP contribution is -2.69. The van der Waals surface area contributed by atoms with Crippen LogP contribution in [-0.2, 0) is 4.43 Å². The Labute approximate surface area is 200 Å². The second kappa shape index (κ2) is 11.0. The highest BCUT2D eigenvalue weighted by atomic mass is 35.5. The Kier molecular flexibility index (Phi) is 8.58. The first-order valence-corrected chi connectivity index (χ1v) is 14.3. The Morgan fingerprint density at radius 2 is 1.59 bits per heavy atom. The van der Waals surface area contributed by atoms with Crippen LogP contribution in [0.4, 0.5) is 0 Å². The lowest BCUT2D eigenvalue weighted by atomic mass is 9.91. The van der Waals surface area contributed by atoms with Gasteiger partial charge in [-0.05, 0) is 48.0 Å². The van der Waals surface area contributed by atoms with Crippen LogP contribution >= 0.6 is 11.6 Å². The quantitative estimate of drug-likeness (QED) is 0.298. The molecule has 0 aromatic heterocycles. The molecule has 5 heteroatoms. The van der Waals surface area contributed by atoms with Crippen LogP contribution < -0.4 is 10.4 Å². The summed E-state index contributed by atoms with van der Waals surface area (Å²) in [5, 5.41) is 12.1. The Bertz CT molecular complexity index is 839. The van der Waals surface area contributed by atoms with Crippen LogP contribution in [0.15, 0.2) is 60.7 Å². The van der Waals surface area contributed by atoms with Crippen molar-refractivity contribution in [1.82, 2.24) is 4.90 Å². The Hall–Kier alpha value is -1.64. The molecule has 0 bridgehead atoms. The maximum Gasteiger partial charge on any atom is 0.261 e. The highest BCUT2D eigenvalue weighted by Crippen LogP contribution is 2.40.